The van der Waals surface area contributed by atoms with E-state index in [9.17, 15) is 22.4 Å². The molecule has 0 aliphatic rings. The minimum atomic E-state index is -4.00. The van der Waals surface area contributed by atoms with Gasteiger partial charge < -0.3 is 5.32 Å². The third-order valence-electron chi connectivity index (χ3n) is 4.98. The molecule has 0 unspecified atom stereocenters. The van der Waals surface area contributed by atoms with E-state index in [0.717, 1.165) is 12.3 Å². The van der Waals surface area contributed by atoms with E-state index in [1.165, 1.54) is 29.8 Å². The molecular weight excluding hydrogens is 423 g/mol. The average Bonchev–Trinajstić information content (AvgIpc) is 2.92. The van der Waals surface area contributed by atoms with Crippen molar-refractivity contribution in [1.82, 2.24) is 9.36 Å². The first-order valence-electron chi connectivity index (χ1n) is 9.43. The Morgan fingerprint density at radius 1 is 1.10 bits per heavy atom. The van der Waals surface area contributed by atoms with Crippen LogP contribution in [0.2, 0.25) is 0 Å². The predicted octanol–water partition coefficient (Wildman–Crippen LogP) is 2.42. The monoisotopic (exact) mass is 446 g/mol. The summed E-state index contributed by atoms with van der Waals surface area (Å²) in [6.45, 7) is 2.99. The van der Waals surface area contributed by atoms with Gasteiger partial charge in [0.25, 0.3) is 5.56 Å². The zero-order valence-corrected chi connectivity index (χ0v) is 18.4. The minimum Gasteiger partial charge on any atom is -0.318 e. The first kappa shape index (κ1) is 22.3. The maximum atomic E-state index is 14.3. The van der Waals surface area contributed by atoms with Gasteiger partial charge in [0.15, 0.2) is 0 Å². The second-order valence-corrected chi connectivity index (χ2v) is 8.97. The highest BCUT2D eigenvalue weighted by molar-refractivity contribution is 7.92. The molecule has 3 rings (SSSR count). The Morgan fingerprint density at radius 3 is 2.26 bits per heavy atom. The predicted molar refractivity (Wildman–Crippen MR) is 118 cm³/mol. The molecule has 1 aromatic heterocycles. The number of halogens is 1. The third kappa shape index (κ3) is 4.24. The number of amides is 1. The van der Waals surface area contributed by atoms with Crippen molar-refractivity contribution in [3.05, 3.63) is 76.5 Å². The van der Waals surface area contributed by atoms with Gasteiger partial charge in [-0.3, -0.25) is 18.6 Å². The van der Waals surface area contributed by atoms with Crippen molar-refractivity contribution in [1.29, 1.82) is 0 Å². The number of sulfonamides is 1. The van der Waals surface area contributed by atoms with Gasteiger partial charge in [0, 0.05) is 7.05 Å². The van der Waals surface area contributed by atoms with E-state index in [1.807, 2.05) is 6.07 Å². The Labute approximate surface area is 179 Å². The van der Waals surface area contributed by atoms with Gasteiger partial charge in [-0.1, -0.05) is 30.3 Å². The van der Waals surface area contributed by atoms with E-state index in [1.54, 1.807) is 42.9 Å². The number of nitrogens with one attached hydrogen (secondary N) is 1. The molecule has 0 fully saturated rings. The molecule has 10 heteroatoms. The van der Waals surface area contributed by atoms with E-state index in [4.69, 9.17) is 0 Å². The van der Waals surface area contributed by atoms with Crippen molar-refractivity contribution in [2.45, 2.75) is 19.9 Å². The van der Waals surface area contributed by atoms with Crippen LogP contribution in [0.25, 0.3) is 5.69 Å². The Balaban J connectivity index is 1.99. The van der Waals surface area contributed by atoms with Gasteiger partial charge in [-0.05, 0) is 38.1 Å². The normalized spacial score (nSPS) is 12.4. The highest BCUT2D eigenvalue weighted by atomic mass is 32.2. The number of nitrogens with zero attached hydrogens (tertiary/aromatic N) is 3. The van der Waals surface area contributed by atoms with Crippen molar-refractivity contribution in [2.75, 3.05) is 15.9 Å². The SMILES string of the molecule is Cc1c(NC(=O)[C@@H](C)N(c2ccccc2F)S(C)(=O)=O)c(=O)n(-c2ccccc2)n1C. The van der Waals surface area contributed by atoms with Gasteiger partial charge in [-0.25, -0.2) is 17.5 Å². The summed E-state index contributed by atoms with van der Waals surface area (Å²) < 4.78 is 42.7. The van der Waals surface area contributed by atoms with Crippen LogP contribution in [0.3, 0.4) is 0 Å². The second-order valence-electron chi connectivity index (χ2n) is 7.11. The molecule has 8 nitrogen and oxygen atoms in total. The van der Waals surface area contributed by atoms with E-state index >= 15 is 0 Å². The van der Waals surface area contributed by atoms with E-state index in [2.05, 4.69) is 5.32 Å². The van der Waals surface area contributed by atoms with Crippen molar-refractivity contribution in [3.8, 4) is 5.69 Å². The lowest BCUT2D eigenvalue weighted by Gasteiger charge is -2.28. The fourth-order valence-corrected chi connectivity index (χ4v) is 4.53. The third-order valence-corrected chi connectivity index (χ3v) is 6.21. The summed E-state index contributed by atoms with van der Waals surface area (Å²) in [5.41, 5.74) is 0.384. The van der Waals surface area contributed by atoms with Crippen LogP contribution in [0.4, 0.5) is 15.8 Å². The highest BCUT2D eigenvalue weighted by Crippen LogP contribution is 2.25. The fraction of sp³-hybridized carbons (Fsp3) is 0.238. The summed E-state index contributed by atoms with van der Waals surface area (Å²) in [6, 6.07) is 12.8. The van der Waals surface area contributed by atoms with Crippen LogP contribution in [0.5, 0.6) is 0 Å². The zero-order valence-electron chi connectivity index (χ0n) is 17.5. The van der Waals surface area contributed by atoms with Crippen LogP contribution in [-0.2, 0) is 21.9 Å². The topological polar surface area (TPSA) is 93.4 Å². The Morgan fingerprint density at radius 2 is 1.68 bits per heavy atom. The molecule has 1 heterocycles. The number of anilines is 2. The van der Waals surface area contributed by atoms with Gasteiger partial charge in [0.1, 0.15) is 17.5 Å². The summed E-state index contributed by atoms with van der Waals surface area (Å²) in [5.74, 6) is -1.55. The largest absolute Gasteiger partial charge is 0.318 e. The van der Waals surface area contributed by atoms with Gasteiger partial charge in [0.2, 0.25) is 15.9 Å². The number of carbonyl (C=O) groups excluding carboxylic acids is 1. The smallest absolute Gasteiger partial charge is 0.295 e. The summed E-state index contributed by atoms with van der Waals surface area (Å²) >= 11 is 0. The van der Waals surface area contributed by atoms with Crippen LogP contribution in [-0.4, -0.2) is 36.0 Å². The first-order valence-corrected chi connectivity index (χ1v) is 11.3. The summed E-state index contributed by atoms with van der Waals surface area (Å²) in [6.07, 6.45) is 0.888. The minimum absolute atomic E-state index is 0.0187. The Bertz CT molecular complexity index is 1280. The molecule has 0 aliphatic heterocycles. The molecule has 3 aromatic rings. The molecule has 0 radical (unpaired) electrons. The van der Waals surface area contributed by atoms with Gasteiger partial charge in [-0.15, -0.1) is 0 Å². The standard InChI is InChI=1S/C21H23FN4O4S/c1-14-19(21(28)25(24(14)3)16-10-6-5-7-11-16)23-20(27)15(2)26(31(4,29)30)18-13-9-8-12-17(18)22/h5-13,15H,1-4H3,(H,23,27)/t15-/m1/s1. The van der Waals surface area contributed by atoms with Crippen LogP contribution >= 0.6 is 0 Å². The van der Waals surface area contributed by atoms with Crippen LogP contribution in [0.15, 0.2) is 59.4 Å². The Hall–Kier alpha value is -3.40. The number of hydrogen-bond donors (Lipinski definition) is 1. The molecule has 31 heavy (non-hydrogen) atoms. The number of para-hydroxylation sites is 2. The average molecular weight is 447 g/mol. The van der Waals surface area contributed by atoms with E-state index < -0.39 is 33.3 Å². The van der Waals surface area contributed by atoms with E-state index in [0.29, 0.717) is 15.7 Å². The first-order chi connectivity index (χ1) is 14.5. The molecule has 1 amide bonds. The van der Waals surface area contributed by atoms with Crippen LogP contribution in [0.1, 0.15) is 12.6 Å². The molecule has 1 atom stereocenters. The second kappa shape index (κ2) is 8.38. The number of aromatic nitrogens is 2. The van der Waals surface area contributed by atoms with Crippen molar-refractivity contribution in [2.24, 2.45) is 7.05 Å². The van der Waals surface area contributed by atoms with Gasteiger partial charge in [0.05, 0.1) is 23.3 Å². The molecular formula is C21H23FN4O4S. The molecule has 164 valence electrons. The van der Waals surface area contributed by atoms with Crippen LogP contribution < -0.4 is 15.2 Å². The lowest BCUT2D eigenvalue weighted by molar-refractivity contribution is -0.116. The fourth-order valence-electron chi connectivity index (χ4n) is 3.35. The molecule has 0 bridgehead atoms. The van der Waals surface area contributed by atoms with Gasteiger partial charge in [-0.2, -0.15) is 0 Å². The Kier molecular flexibility index (Phi) is 6.03. The lowest BCUT2D eigenvalue weighted by Crippen LogP contribution is -2.46. The maximum Gasteiger partial charge on any atom is 0.295 e. The molecule has 0 saturated heterocycles. The number of hydrogen-bond acceptors (Lipinski definition) is 4. The van der Waals surface area contributed by atoms with E-state index in [-0.39, 0.29) is 11.4 Å². The van der Waals surface area contributed by atoms with Crippen molar-refractivity contribution >= 4 is 27.3 Å². The molecule has 1 N–H and O–H groups in total. The number of carbonyl (C=O) groups is 1. The summed E-state index contributed by atoms with van der Waals surface area (Å²) in [4.78, 5) is 25.9. The zero-order chi connectivity index (χ0) is 22.9. The number of rotatable bonds is 6. The molecule has 0 spiro atoms. The summed E-state index contributed by atoms with van der Waals surface area (Å²) in [5, 5.41) is 2.53. The quantitative estimate of drug-likeness (QED) is 0.629. The van der Waals surface area contributed by atoms with Gasteiger partial charge >= 0.3 is 0 Å². The maximum absolute atomic E-state index is 14.3. The number of benzene rings is 2. The highest BCUT2D eigenvalue weighted by Gasteiger charge is 2.32. The molecule has 0 saturated carbocycles. The lowest BCUT2D eigenvalue weighted by atomic mass is 10.2. The van der Waals surface area contributed by atoms with Crippen molar-refractivity contribution < 1.29 is 17.6 Å². The summed E-state index contributed by atoms with van der Waals surface area (Å²) in [7, 11) is -2.33. The van der Waals surface area contributed by atoms with Crippen LogP contribution in [0, 0.1) is 12.7 Å². The van der Waals surface area contributed by atoms with Crippen molar-refractivity contribution in [3.63, 3.8) is 0 Å². The molecule has 0 aliphatic carbocycles. The molecule has 2 aromatic carbocycles.